The van der Waals surface area contributed by atoms with Gasteiger partial charge in [0, 0.05) is 37.9 Å². The van der Waals surface area contributed by atoms with Crippen molar-refractivity contribution in [1.29, 1.82) is 0 Å². The van der Waals surface area contributed by atoms with Gasteiger partial charge in [-0.25, -0.2) is 13.1 Å². The van der Waals surface area contributed by atoms with Gasteiger partial charge in [-0.05, 0) is 35.5 Å². The monoisotopic (exact) mass is 366 g/mol. The van der Waals surface area contributed by atoms with Crippen molar-refractivity contribution >= 4 is 27.4 Å². The predicted molar refractivity (Wildman–Crippen MR) is 94.5 cm³/mol. The lowest BCUT2D eigenvalue weighted by Gasteiger charge is -2.10. The molecule has 0 saturated carbocycles. The van der Waals surface area contributed by atoms with Gasteiger partial charge in [-0.3, -0.25) is 9.97 Å². The Hall–Kier alpha value is -2.10. The molecular formula is C15H18N4O3S2. The van der Waals surface area contributed by atoms with Crippen LogP contribution in [0.25, 0.3) is 0 Å². The number of hydrogen-bond donors (Lipinski definition) is 2. The number of thiocarbonyl (C=S) groups is 1. The van der Waals surface area contributed by atoms with E-state index in [-0.39, 0.29) is 24.1 Å². The minimum absolute atomic E-state index is 0.0265. The first-order valence-corrected chi connectivity index (χ1v) is 9.27. The lowest BCUT2D eigenvalue weighted by Crippen LogP contribution is -2.30. The van der Waals surface area contributed by atoms with Crippen molar-refractivity contribution in [1.82, 2.24) is 20.0 Å². The summed E-state index contributed by atoms with van der Waals surface area (Å²) in [6.07, 6.45) is 6.63. The van der Waals surface area contributed by atoms with Gasteiger partial charge in [0.25, 0.3) is 5.17 Å². The Morgan fingerprint density at radius 2 is 1.71 bits per heavy atom. The van der Waals surface area contributed by atoms with Crippen LogP contribution < -0.4 is 10.0 Å². The maximum atomic E-state index is 11.9. The Bertz CT molecular complexity index is 740. The highest BCUT2D eigenvalue weighted by Gasteiger charge is 2.11. The van der Waals surface area contributed by atoms with Crippen LogP contribution in [0.1, 0.15) is 11.1 Å². The molecule has 24 heavy (non-hydrogen) atoms. The number of aromatic nitrogens is 2. The van der Waals surface area contributed by atoms with Gasteiger partial charge < -0.3 is 10.1 Å². The van der Waals surface area contributed by atoms with Gasteiger partial charge in [0.2, 0.25) is 10.0 Å². The third-order valence-electron chi connectivity index (χ3n) is 2.96. The molecule has 2 N–H and O–H groups in total. The highest BCUT2D eigenvalue weighted by Crippen LogP contribution is 1.97. The minimum Gasteiger partial charge on any atom is -0.470 e. The number of pyridine rings is 2. The van der Waals surface area contributed by atoms with Gasteiger partial charge in [0.1, 0.15) is 6.61 Å². The first kappa shape index (κ1) is 18.2. The molecule has 2 aromatic rings. The van der Waals surface area contributed by atoms with Crippen LogP contribution in [0.15, 0.2) is 49.1 Å². The molecule has 128 valence electrons. The van der Waals surface area contributed by atoms with E-state index >= 15 is 0 Å². The molecule has 0 aliphatic carbocycles. The fourth-order valence-electron chi connectivity index (χ4n) is 1.74. The summed E-state index contributed by atoms with van der Waals surface area (Å²) in [5.41, 5.74) is 1.74. The van der Waals surface area contributed by atoms with E-state index in [4.69, 9.17) is 17.0 Å². The molecule has 2 rings (SSSR count). The molecule has 0 unspecified atom stereocenters. The Kier molecular flexibility index (Phi) is 7.04. The molecule has 2 heterocycles. The summed E-state index contributed by atoms with van der Waals surface area (Å²) in [6, 6.07) is 7.26. The first-order chi connectivity index (χ1) is 11.6. The van der Waals surface area contributed by atoms with Crippen LogP contribution in [-0.4, -0.2) is 35.9 Å². The maximum absolute atomic E-state index is 11.9. The molecule has 2 aromatic heterocycles. The summed E-state index contributed by atoms with van der Waals surface area (Å²) in [6.45, 7) is 0.639. The van der Waals surface area contributed by atoms with Crippen LogP contribution in [0.3, 0.4) is 0 Å². The van der Waals surface area contributed by atoms with Crippen LogP contribution in [0.2, 0.25) is 0 Å². The largest absolute Gasteiger partial charge is 0.470 e. The number of nitrogens with one attached hydrogen (secondary N) is 2. The van der Waals surface area contributed by atoms with Crippen molar-refractivity contribution in [2.75, 3.05) is 12.4 Å². The second kappa shape index (κ2) is 9.26. The number of ether oxygens (including phenoxy) is 1. The van der Waals surface area contributed by atoms with Crippen molar-refractivity contribution in [2.45, 2.75) is 13.1 Å². The van der Waals surface area contributed by atoms with Gasteiger partial charge in [0.05, 0.1) is 5.75 Å². The van der Waals surface area contributed by atoms with Crippen molar-refractivity contribution in [2.24, 2.45) is 0 Å². The van der Waals surface area contributed by atoms with E-state index in [1.807, 2.05) is 12.1 Å². The fraction of sp³-hybridized carbons (Fsp3) is 0.267. The molecule has 7 nitrogen and oxygen atoms in total. The van der Waals surface area contributed by atoms with Crippen molar-refractivity contribution in [3.8, 4) is 0 Å². The molecule has 0 atom stereocenters. The molecule has 0 radical (unpaired) electrons. The molecule has 0 aliphatic heterocycles. The topological polar surface area (TPSA) is 93.2 Å². The fourth-order valence-corrected chi connectivity index (χ4v) is 2.73. The Morgan fingerprint density at radius 3 is 2.29 bits per heavy atom. The third kappa shape index (κ3) is 6.99. The molecule has 0 fully saturated rings. The van der Waals surface area contributed by atoms with E-state index in [0.717, 1.165) is 11.1 Å². The molecule has 0 aliphatic rings. The summed E-state index contributed by atoms with van der Waals surface area (Å²) in [5, 5.41) is 3.04. The third-order valence-corrected chi connectivity index (χ3v) is 4.51. The minimum atomic E-state index is -3.44. The number of hydrogen-bond acceptors (Lipinski definition) is 6. The number of nitrogens with zero attached hydrogens (tertiary/aromatic N) is 2. The van der Waals surface area contributed by atoms with E-state index in [1.54, 1.807) is 36.9 Å². The normalized spacial score (nSPS) is 11.0. The smallest absolute Gasteiger partial charge is 0.256 e. The van der Waals surface area contributed by atoms with E-state index in [9.17, 15) is 8.42 Å². The van der Waals surface area contributed by atoms with Crippen LogP contribution >= 0.6 is 12.2 Å². The molecule has 9 heteroatoms. The number of sulfonamides is 1. The van der Waals surface area contributed by atoms with E-state index < -0.39 is 10.0 Å². The molecule has 0 bridgehead atoms. The SMILES string of the molecule is O=S(=O)(CCOC(=S)NCc1cccnc1)NCc1cccnc1. The molecule has 0 saturated heterocycles. The van der Waals surface area contributed by atoms with Gasteiger partial charge in [0.15, 0.2) is 0 Å². The summed E-state index contributed by atoms with van der Waals surface area (Å²) in [4.78, 5) is 7.91. The molecule has 0 aromatic carbocycles. The zero-order valence-electron chi connectivity index (χ0n) is 12.9. The highest BCUT2D eigenvalue weighted by molar-refractivity contribution is 7.89. The summed E-state index contributed by atoms with van der Waals surface area (Å²) in [5.74, 6) is -0.179. The zero-order valence-corrected chi connectivity index (χ0v) is 14.5. The average Bonchev–Trinajstić information content (AvgIpc) is 2.60. The van der Waals surface area contributed by atoms with Crippen molar-refractivity contribution in [3.05, 3.63) is 60.2 Å². The van der Waals surface area contributed by atoms with E-state index in [1.165, 1.54) is 0 Å². The van der Waals surface area contributed by atoms with Gasteiger partial charge in [-0.15, -0.1) is 0 Å². The van der Waals surface area contributed by atoms with E-state index in [2.05, 4.69) is 20.0 Å². The van der Waals surface area contributed by atoms with E-state index in [0.29, 0.717) is 6.54 Å². The van der Waals surface area contributed by atoms with Gasteiger partial charge in [-0.1, -0.05) is 12.1 Å². The van der Waals surface area contributed by atoms with Crippen LogP contribution in [0.4, 0.5) is 0 Å². The summed E-state index contributed by atoms with van der Waals surface area (Å²) < 4.78 is 31.5. The standard InChI is InChI=1S/C15H18N4O3S2/c20-24(21,19-12-14-4-2-6-17-10-14)8-7-22-15(23)18-11-13-3-1-5-16-9-13/h1-6,9-10,19H,7-8,11-12H2,(H,18,23). The second-order valence-electron chi connectivity index (χ2n) is 4.85. The Labute approximate surface area is 146 Å². The maximum Gasteiger partial charge on any atom is 0.256 e. The lowest BCUT2D eigenvalue weighted by atomic mass is 10.3. The quantitative estimate of drug-likeness (QED) is 0.673. The average molecular weight is 366 g/mol. The Balaban J connectivity index is 1.65. The zero-order chi connectivity index (χ0) is 17.3. The second-order valence-corrected chi connectivity index (χ2v) is 7.15. The molecule has 0 spiro atoms. The highest BCUT2D eigenvalue weighted by atomic mass is 32.2. The molecule has 0 amide bonds. The summed E-state index contributed by atoms with van der Waals surface area (Å²) in [7, 11) is -3.44. The predicted octanol–water partition coefficient (Wildman–Crippen LogP) is 0.987. The van der Waals surface area contributed by atoms with Gasteiger partial charge >= 0.3 is 0 Å². The Morgan fingerprint density at radius 1 is 1.08 bits per heavy atom. The lowest BCUT2D eigenvalue weighted by molar-refractivity contribution is 0.320. The number of rotatable bonds is 8. The van der Waals surface area contributed by atoms with Crippen molar-refractivity contribution in [3.63, 3.8) is 0 Å². The van der Waals surface area contributed by atoms with Crippen LogP contribution in [0, 0.1) is 0 Å². The first-order valence-electron chi connectivity index (χ1n) is 7.21. The van der Waals surface area contributed by atoms with Crippen LogP contribution in [0.5, 0.6) is 0 Å². The van der Waals surface area contributed by atoms with Crippen molar-refractivity contribution < 1.29 is 13.2 Å². The molecular weight excluding hydrogens is 348 g/mol. The summed E-state index contributed by atoms with van der Waals surface area (Å²) >= 11 is 5.01. The van der Waals surface area contributed by atoms with Gasteiger partial charge in [-0.2, -0.15) is 0 Å². The van der Waals surface area contributed by atoms with Crippen LogP contribution in [-0.2, 0) is 27.8 Å².